The van der Waals surface area contributed by atoms with Crippen molar-refractivity contribution in [2.24, 2.45) is 5.92 Å². The van der Waals surface area contributed by atoms with E-state index in [0.717, 1.165) is 25.9 Å². The predicted molar refractivity (Wildman–Crippen MR) is 75.2 cm³/mol. The molecular weight excluding hydrogens is 271 g/mol. The normalized spacial score (nSPS) is 19.3. The summed E-state index contributed by atoms with van der Waals surface area (Å²) >= 11 is 11.9. The number of hydrogen-bond acceptors (Lipinski definition) is 2. The minimum Gasteiger partial charge on any atom is -0.396 e. The summed E-state index contributed by atoms with van der Waals surface area (Å²) in [5, 5.41) is 0.661. The van der Waals surface area contributed by atoms with Crippen LogP contribution >= 0.6 is 23.2 Å². The lowest BCUT2D eigenvalue weighted by atomic mass is 10.1. The van der Waals surface area contributed by atoms with Gasteiger partial charge in [0.25, 0.3) is 5.91 Å². The standard InChI is InChI=1S/C13H16Cl2N2O/c1-2-8-3-4-17(7-8)13(18)9-5-10(14)12(16)11(15)6-9/h5-6,8H,2-4,7,16H2,1H3. The zero-order chi connectivity index (χ0) is 13.3. The average molecular weight is 287 g/mol. The molecule has 0 bridgehead atoms. The fourth-order valence-electron chi connectivity index (χ4n) is 2.24. The van der Waals surface area contributed by atoms with Crippen LogP contribution in [0.1, 0.15) is 30.1 Å². The zero-order valence-corrected chi connectivity index (χ0v) is 11.8. The number of nitrogens with two attached hydrogens (primary N) is 1. The number of hydrogen-bond donors (Lipinski definition) is 1. The first kappa shape index (κ1) is 13.5. The maximum absolute atomic E-state index is 12.3. The monoisotopic (exact) mass is 286 g/mol. The van der Waals surface area contributed by atoms with E-state index in [1.807, 2.05) is 4.90 Å². The van der Waals surface area contributed by atoms with Crippen molar-refractivity contribution in [2.75, 3.05) is 18.8 Å². The van der Waals surface area contributed by atoms with Crippen molar-refractivity contribution >= 4 is 34.8 Å². The summed E-state index contributed by atoms with van der Waals surface area (Å²) in [7, 11) is 0. The van der Waals surface area contributed by atoms with Crippen molar-refractivity contribution in [3.63, 3.8) is 0 Å². The highest BCUT2D eigenvalue weighted by atomic mass is 35.5. The number of halogens is 2. The molecule has 1 aliphatic rings. The van der Waals surface area contributed by atoms with Gasteiger partial charge >= 0.3 is 0 Å². The van der Waals surface area contributed by atoms with Crippen molar-refractivity contribution in [1.29, 1.82) is 0 Å². The Kier molecular flexibility index (Phi) is 4.03. The summed E-state index contributed by atoms with van der Waals surface area (Å²) in [4.78, 5) is 14.1. The van der Waals surface area contributed by atoms with Gasteiger partial charge in [-0.25, -0.2) is 0 Å². The minimum atomic E-state index is -0.0187. The molecule has 18 heavy (non-hydrogen) atoms. The molecule has 1 fully saturated rings. The Morgan fingerprint density at radius 1 is 1.44 bits per heavy atom. The number of likely N-dealkylation sites (tertiary alicyclic amines) is 1. The van der Waals surface area contributed by atoms with Gasteiger partial charge in [0, 0.05) is 18.7 Å². The third-order valence-corrected chi connectivity index (χ3v) is 4.10. The van der Waals surface area contributed by atoms with Crippen molar-refractivity contribution in [2.45, 2.75) is 19.8 Å². The molecule has 1 amide bonds. The van der Waals surface area contributed by atoms with Crippen LogP contribution in [-0.4, -0.2) is 23.9 Å². The quantitative estimate of drug-likeness (QED) is 0.847. The second-order valence-electron chi connectivity index (χ2n) is 4.67. The number of carbonyl (C=O) groups is 1. The molecule has 1 aromatic carbocycles. The van der Waals surface area contributed by atoms with Crippen LogP contribution in [0.3, 0.4) is 0 Å². The van der Waals surface area contributed by atoms with Crippen LogP contribution in [0.4, 0.5) is 5.69 Å². The Morgan fingerprint density at radius 3 is 2.56 bits per heavy atom. The molecule has 0 aromatic heterocycles. The third kappa shape index (κ3) is 2.57. The summed E-state index contributed by atoms with van der Waals surface area (Å²) in [6.45, 7) is 3.77. The van der Waals surface area contributed by atoms with Gasteiger partial charge < -0.3 is 10.6 Å². The van der Waals surface area contributed by atoms with E-state index < -0.39 is 0 Å². The molecule has 98 valence electrons. The first-order valence-electron chi connectivity index (χ1n) is 6.06. The van der Waals surface area contributed by atoms with Crippen molar-refractivity contribution in [1.82, 2.24) is 4.90 Å². The molecule has 2 rings (SSSR count). The minimum absolute atomic E-state index is 0.0187. The summed E-state index contributed by atoms with van der Waals surface area (Å²) in [6.07, 6.45) is 2.17. The Morgan fingerprint density at radius 2 is 2.06 bits per heavy atom. The number of amides is 1. The number of carbonyl (C=O) groups excluding carboxylic acids is 1. The van der Waals surface area contributed by atoms with Crippen LogP contribution in [0.5, 0.6) is 0 Å². The van der Waals surface area contributed by atoms with Gasteiger partial charge in [-0.3, -0.25) is 4.79 Å². The molecule has 2 N–H and O–H groups in total. The van der Waals surface area contributed by atoms with E-state index in [1.165, 1.54) is 0 Å². The molecule has 0 spiro atoms. The van der Waals surface area contributed by atoms with E-state index in [2.05, 4.69) is 6.92 Å². The zero-order valence-electron chi connectivity index (χ0n) is 10.2. The third-order valence-electron chi connectivity index (χ3n) is 3.48. The Balaban J connectivity index is 2.19. The number of rotatable bonds is 2. The number of nitrogen functional groups attached to an aromatic ring is 1. The number of anilines is 1. The van der Waals surface area contributed by atoms with Crippen LogP contribution in [0, 0.1) is 5.92 Å². The highest BCUT2D eigenvalue weighted by Gasteiger charge is 2.26. The topological polar surface area (TPSA) is 46.3 Å². The van der Waals surface area contributed by atoms with E-state index in [1.54, 1.807) is 12.1 Å². The fraction of sp³-hybridized carbons (Fsp3) is 0.462. The van der Waals surface area contributed by atoms with Gasteiger partial charge in [0.1, 0.15) is 0 Å². The molecule has 0 aliphatic carbocycles. The van der Waals surface area contributed by atoms with Crippen molar-refractivity contribution in [3.05, 3.63) is 27.7 Å². The lowest BCUT2D eigenvalue weighted by molar-refractivity contribution is 0.0787. The summed E-state index contributed by atoms with van der Waals surface area (Å²) < 4.78 is 0. The van der Waals surface area contributed by atoms with Gasteiger partial charge in [-0.15, -0.1) is 0 Å². The van der Waals surface area contributed by atoms with Crippen LogP contribution in [0.2, 0.25) is 10.0 Å². The molecule has 1 saturated heterocycles. The molecule has 1 atom stereocenters. The number of benzene rings is 1. The highest BCUT2D eigenvalue weighted by Crippen LogP contribution is 2.30. The van der Waals surface area contributed by atoms with E-state index in [0.29, 0.717) is 27.2 Å². The maximum Gasteiger partial charge on any atom is 0.253 e. The molecule has 0 saturated carbocycles. The first-order chi connectivity index (χ1) is 8.52. The molecule has 1 aliphatic heterocycles. The van der Waals surface area contributed by atoms with Gasteiger partial charge in [-0.1, -0.05) is 36.5 Å². The van der Waals surface area contributed by atoms with Crippen LogP contribution < -0.4 is 5.73 Å². The molecule has 1 unspecified atom stereocenters. The van der Waals surface area contributed by atoms with Gasteiger partial charge in [-0.2, -0.15) is 0 Å². The van der Waals surface area contributed by atoms with Crippen LogP contribution in [0.15, 0.2) is 12.1 Å². The number of nitrogens with zero attached hydrogens (tertiary/aromatic N) is 1. The lowest BCUT2D eigenvalue weighted by Gasteiger charge is -2.17. The largest absolute Gasteiger partial charge is 0.396 e. The fourth-order valence-corrected chi connectivity index (χ4v) is 2.73. The van der Waals surface area contributed by atoms with Gasteiger partial charge in [-0.05, 0) is 24.5 Å². The van der Waals surface area contributed by atoms with Gasteiger partial charge in [0.15, 0.2) is 0 Å². The van der Waals surface area contributed by atoms with E-state index in [9.17, 15) is 4.79 Å². The smallest absolute Gasteiger partial charge is 0.253 e. The Labute approximate surface area is 117 Å². The second-order valence-corrected chi connectivity index (χ2v) is 5.48. The van der Waals surface area contributed by atoms with Crippen LogP contribution in [-0.2, 0) is 0 Å². The summed E-state index contributed by atoms with van der Waals surface area (Å²) in [5.41, 5.74) is 6.49. The highest BCUT2D eigenvalue weighted by molar-refractivity contribution is 6.39. The maximum atomic E-state index is 12.3. The molecule has 5 heteroatoms. The first-order valence-corrected chi connectivity index (χ1v) is 6.82. The summed E-state index contributed by atoms with van der Waals surface area (Å²) in [5.74, 6) is 0.587. The van der Waals surface area contributed by atoms with Crippen LogP contribution in [0.25, 0.3) is 0 Å². The Hall–Kier alpha value is -0.930. The molecule has 1 aromatic rings. The molecule has 1 heterocycles. The van der Waals surface area contributed by atoms with Gasteiger partial charge in [0.2, 0.25) is 0 Å². The second kappa shape index (κ2) is 5.37. The van der Waals surface area contributed by atoms with E-state index in [-0.39, 0.29) is 5.91 Å². The SMILES string of the molecule is CCC1CCN(C(=O)c2cc(Cl)c(N)c(Cl)c2)C1. The molecular formula is C13H16Cl2N2O. The predicted octanol–water partition coefficient (Wildman–Crippen LogP) is 3.45. The lowest BCUT2D eigenvalue weighted by Crippen LogP contribution is -2.28. The van der Waals surface area contributed by atoms with E-state index >= 15 is 0 Å². The molecule has 0 radical (unpaired) electrons. The van der Waals surface area contributed by atoms with Gasteiger partial charge in [0.05, 0.1) is 15.7 Å². The summed E-state index contributed by atoms with van der Waals surface area (Å²) in [6, 6.07) is 3.18. The Bertz CT molecular complexity index is 453. The average Bonchev–Trinajstić information content (AvgIpc) is 2.83. The molecule has 3 nitrogen and oxygen atoms in total. The van der Waals surface area contributed by atoms with E-state index in [4.69, 9.17) is 28.9 Å². The van der Waals surface area contributed by atoms with Crippen molar-refractivity contribution < 1.29 is 4.79 Å². The van der Waals surface area contributed by atoms with Crippen molar-refractivity contribution in [3.8, 4) is 0 Å².